The molecule has 3 rings (SSSR count). The quantitative estimate of drug-likeness (QED) is 0.130. The Morgan fingerprint density at radius 2 is 1.41 bits per heavy atom. The summed E-state index contributed by atoms with van der Waals surface area (Å²) in [6.07, 6.45) is 0. The van der Waals surface area contributed by atoms with Crippen LogP contribution in [0.15, 0.2) is 72.8 Å². The number of hydrogen-bond acceptors (Lipinski definition) is 3. The van der Waals surface area contributed by atoms with Crippen LogP contribution < -0.4 is 16.0 Å². The summed E-state index contributed by atoms with van der Waals surface area (Å²) in [6.45, 7) is 4.91. The molecule has 4 N–H and O–H groups in total. The van der Waals surface area contributed by atoms with Crippen LogP contribution in [0, 0.1) is 0 Å². The van der Waals surface area contributed by atoms with E-state index >= 15 is 0 Å². The minimum absolute atomic E-state index is 0.139. The second kappa shape index (κ2) is 14.6. The van der Waals surface area contributed by atoms with E-state index in [4.69, 9.17) is 0 Å². The number of hydrogen-bond donors (Lipinski definition) is 4. The number of para-hydroxylation sites is 1. The van der Waals surface area contributed by atoms with Gasteiger partial charge in [-0.2, -0.15) is 0 Å². The Hall–Kier alpha value is -2.34. The van der Waals surface area contributed by atoms with Gasteiger partial charge < -0.3 is 21.1 Å². The molecule has 0 aliphatic rings. The molecule has 3 aromatic rings. The maximum Gasteiger partial charge on any atom is 0.319 e. The first kappa shape index (κ1) is 29.2. The van der Waals surface area contributed by atoms with Crippen molar-refractivity contribution in [2.45, 2.75) is 31.6 Å². The molecule has 3 unspecified atom stereocenters. The number of alkyl halides is 2. The molecule has 8 heteroatoms. The summed E-state index contributed by atoms with van der Waals surface area (Å²) < 4.78 is 1.88. The molecule has 0 aromatic heterocycles. The van der Waals surface area contributed by atoms with Crippen LogP contribution in [-0.4, -0.2) is 39.0 Å². The zero-order valence-corrected chi connectivity index (χ0v) is 25.3. The largest absolute Gasteiger partial charge is 0.508 e. The number of nitrogens with one attached hydrogen (secondary N) is 3. The van der Waals surface area contributed by atoms with Crippen LogP contribution in [0.2, 0.25) is 0 Å². The third-order valence-electron chi connectivity index (χ3n) is 6.29. The van der Waals surface area contributed by atoms with Crippen LogP contribution in [0.1, 0.15) is 58.6 Å². The normalized spacial score (nSPS) is 13.3. The third kappa shape index (κ3) is 8.33. The predicted molar refractivity (Wildman–Crippen MR) is 168 cm³/mol. The lowest BCUT2D eigenvalue weighted by Gasteiger charge is -2.23. The van der Waals surface area contributed by atoms with Crippen LogP contribution in [0.25, 0.3) is 0 Å². The number of aromatic hydroxyl groups is 1. The second-order valence-corrected chi connectivity index (χ2v) is 10.9. The summed E-state index contributed by atoms with van der Waals surface area (Å²) in [7, 11) is 0. The second-order valence-electron chi connectivity index (χ2n) is 9.13. The van der Waals surface area contributed by atoms with E-state index in [9.17, 15) is 14.7 Å². The van der Waals surface area contributed by atoms with E-state index in [0.29, 0.717) is 23.9 Å². The highest BCUT2D eigenvalue weighted by atomic mass is 127. The van der Waals surface area contributed by atoms with Crippen molar-refractivity contribution in [2.75, 3.05) is 27.3 Å². The van der Waals surface area contributed by atoms with Crippen molar-refractivity contribution in [1.29, 1.82) is 0 Å². The fourth-order valence-corrected chi connectivity index (χ4v) is 5.04. The monoisotopic (exact) mass is 725 g/mol. The molecule has 3 atom stereocenters. The SMILES string of the molecule is CC(CI)c1cccc(C(C)CI)c1NC(=O)NCC(CNC(=O)c1ccccc1)c1cccc(O)c1. The zero-order valence-electron chi connectivity index (χ0n) is 21.0. The van der Waals surface area contributed by atoms with Crippen LogP contribution in [0.3, 0.4) is 0 Å². The van der Waals surface area contributed by atoms with Crippen molar-refractivity contribution in [1.82, 2.24) is 10.6 Å². The summed E-state index contributed by atoms with van der Waals surface area (Å²) in [5.41, 5.74) is 4.52. The molecule has 3 amide bonds. The van der Waals surface area contributed by atoms with E-state index in [-0.39, 0.29) is 30.2 Å². The minimum Gasteiger partial charge on any atom is -0.508 e. The summed E-state index contributed by atoms with van der Waals surface area (Å²) >= 11 is 4.75. The molecule has 196 valence electrons. The van der Waals surface area contributed by atoms with Crippen molar-refractivity contribution < 1.29 is 14.7 Å². The maximum atomic E-state index is 13.1. The lowest BCUT2D eigenvalue weighted by Crippen LogP contribution is -2.37. The zero-order chi connectivity index (χ0) is 26.8. The average molecular weight is 725 g/mol. The number of rotatable bonds is 11. The number of urea groups is 1. The van der Waals surface area contributed by atoms with Gasteiger partial charge in [0.15, 0.2) is 0 Å². The Kier molecular flexibility index (Phi) is 11.5. The third-order valence-corrected chi connectivity index (χ3v) is 8.93. The average Bonchev–Trinajstić information content (AvgIpc) is 2.92. The molecular weight excluding hydrogens is 692 g/mol. The van der Waals surface area contributed by atoms with E-state index in [1.54, 1.807) is 30.3 Å². The van der Waals surface area contributed by atoms with Gasteiger partial charge in [0, 0.05) is 39.1 Å². The lowest BCUT2D eigenvalue weighted by molar-refractivity contribution is 0.0951. The number of anilines is 1. The molecular formula is C29H33I2N3O3. The minimum atomic E-state index is -0.297. The van der Waals surface area contributed by atoms with E-state index in [0.717, 1.165) is 31.2 Å². The first-order valence-corrected chi connectivity index (χ1v) is 15.3. The summed E-state index contributed by atoms with van der Waals surface area (Å²) in [4.78, 5) is 25.8. The Morgan fingerprint density at radius 3 is 2.00 bits per heavy atom. The van der Waals surface area contributed by atoms with Crippen LogP contribution in [-0.2, 0) is 0 Å². The van der Waals surface area contributed by atoms with Crippen molar-refractivity contribution in [3.63, 3.8) is 0 Å². The van der Waals surface area contributed by atoms with Crippen molar-refractivity contribution >= 4 is 62.8 Å². The number of benzene rings is 3. The molecule has 0 fully saturated rings. The van der Waals surface area contributed by atoms with Gasteiger partial charge in [0.1, 0.15) is 5.75 Å². The van der Waals surface area contributed by atoms with Gasteiger partial charge in [0.2, 0.25) is 0 Å². The number of phenolic OH excluding ortho intramolecular Hbond substituents is 1. The number of carbonyl (C=O) groups is 2. The van der Waals surface area contributed by atoms with Gasteiger partial charge in [-0.25, -0.2) is 4.79 Å². The molecule has 3 aromatic carbocycles. The lowest BCUT2D eigenvalue weighted by atomic mass is 9.92. The molecule has 0 heterocycles. The number of amides is 3. The van der Waals surface area contributed by atoms with Crippen molar-refractivity contribution in [2.24, 2.45) is 0 Å². The van der Waals surface area contributed by atoms with Gasteiger partial charge in [-0.15, -0.1) is 0 Å². The molecule has 0 saturated carbocycles. The molecule has 0 aliphatic carbocycles. The first-order valence-electron chi connectivity index (χ1n) is 12.3. The molecule has 0 spiro atoms. The van der Waals surface area contributed by atoms with Crippen molar-refractivity contribution in [3.8, 4) is 5.75 Å². The van der Waals surface area contributed by atoms with Crippen LogP contribution in [0.4, 0.5) is 10.5 Å². The Balaban J connectivity index is 1.75. The Labute approximate surface area is 246 Å². The highest BCUT2D eigenvalue weighted by Crippen LogP contribution is 2.34. The van der Waals surface area contributed by atoms with Gasteiger partial charge in [-0.1, -0.05) is 108 Å². The fraction of sp³-hybridized carbons (Fsp3) is 0.310. The molecule has 0 radical (unpaired) electrons. The smallest absolute Gasteiger partial charge is 0.319 e. The number of carbonyl (C=O) groups excluding carboxylic acids is 2. The summed E-state index contributed by atoms with van der Waals surface area (Å²) in [5.74, 6) is 0.313. The van der Waals surface area contributed by atoms with E-state index in [1.807, 2.05) is 24.3 Å². The maximum absolute atomic E-state index is 13.1. The van der Waals surface area contributed by atoms with E-state index < -0.39 is 0 Å². The van der Waals surface area contributed by atoms with Gasteiger partial charge in [-0.3, -0.25) is 4.79 Å². The van der Waals surface area contributed by atoms with Gasteiger partial charge in [-0.05, 0) is 52.8 Å². The molecule has 0 saturated heterocycles. The number of halogens is 2. The van der Waals surface area contributed by atoms with Gasteiger partial charge in [0.25, 0.3) is 5.91 Å². The summed E-state index contributed by atoms with van der Waals surface area (Å²) in [5, 5.41) is 19.1. The van der Waals surface area contributed by atoms with Crippen LogP contribution >= 0.6 is 45.2 Å². The highest BCUT2D eigenvalue weighted by molar-refractivity contribution is 14.1. The summed E-state index contributed by atoms with van der Waals surface area (Å²) in [6, 6.07) is 21.8. The van der Waals surface area contributed by atoms with E-state index in [2.05, 4.69) is 93.2 Å². The molecule has 6 nitrogen and oxygen atoms in total. The molecule has 0 aliphatic heterocycles. The number of phenols is 1. The standard InChI is InChI=1S/C29H33I2N3O3/c1-19(15-30)25-12-7-13-26(20(2)16-31)27(25)34-29(37)33-18-23(22-10-6-11-24(35)14-22)17-32-28(36)21-8-4-3-5-9-21/h3-14,19-20,23,35H,15-18H2,1-2H3,(H,32,36)(H2,33,34,37). The van der Waals surface area contributed by atoms with Gasteiger partial charge in [0.05, 0.1) is 0 Å². The first-order chi connectivity index (χ1) is 17.8. The fourth-order valence-electron chi connectivity index (χ4n) is 4.09. The highest BCUT2D eigenvalue weighted by Gasteiger charge is 2.20. The predicted octanol–water partition coefficient (Wildman–Crippen LogP) is 6.80. The van der Waals surface area contributed by atoms with E-state index in [1.165, 1.54) is 0 Å². The Bertz CT molecular complexity index is 1160. The van der Waals surface area contributed by atoms with Gasteiger partial charge >= 0.3 is 6.03 Å². The topological polar surface area (TPSA) is 90.5 Å². The molecule has 0 bridgehead atoms. The Morgan fingerprint density at radius 1 is 0.811 bits per heavy atom. The van der Waals surface area contributed by atoms with Crippen LogP contribution in [0.5, 0.6) is 5.75 Å². The molecule has 37 heavy (non-hydrogen) atoms. The van der Waals surface area contributed by atoms with Crippen molar-refractivity contribution in [3.05, 3.63) is 95.1 Å².